The Labute approximate surface area is 107 Å². The lowest BCUT2D eigenvalue weighted by molar-refractivity contribution is -0.233. The summed E-state index contributed by atoms with van der Waals surface area (Å²) in [4.78, 5) is 0. The molecule has 0 aliphatic heterocycles. The van der Waals surface area contributed by atoms with Crippen molar-refractivity contribution < 1.29 is 26.7 Å². The Morgan fingerprint density at radius 2 is 1.67 bits per heavy atom. The molecule has 0 amide bonds. The molecule has 1 aromatic carbocycles. The van der Waals surface area contributed by atoms with Crippen LogP contribution in [0.4, 0.5) is 22.0 Å². The molecule has 0 saturated carbocycles. The lowest BCUT2D eigenvalue weighted by atomic mass is 9.96. The number of alkyl halides is 4. The number of ether oxygens (including phenoxy) is 1. The molecule has 0 radical (unpaired) electrons. The van der Waals surface area contributed by atoms with E-state index in [9.17, 15) is 22.0 Å². The van der Waals surface area contributed by atoms with Gasteiger partial charge in [-0.2, -0.15) is 17.6 Å². The molecule has 98 valence electrons. The minimum absolute atomic E-state index is 0.421. The molecule has 1 nitrogen and oxygen atoms in total. The second kappa shape index (κ2) is 4.22. The first-order chi connectivity index (χ1) is 8.28. The van der Waals surface area contributed by atoms with E-state index in [2.05, 4.69) is 20.7 Å². The van der Waals surface area contributed by atoms with E-state index in [0.717, 1.165) is 0 Å². The van der Waals surface area contributed by atoms with Crippen LogP contribution in [-0.4, -0.2) is 11.8 Å². The number of halogens is 6. The van der Waals surface area contributed by atoms with Crippen LogP contribution in [0.5, 0.6) is 0 Å². The summed E-state index contributed by atoms with van der Waals surface area (Å²) in [7, 11) is 0. The Hall–Kier alpha value is -1.11. The predicted molar refractivity (Wildman–Crippen MR) is 57.0 cm³/mol. The average molecular weight is 329 g/mol. The summed E-state index contributed by atoms with van der Waals surface area (Å²) in [5.74, 6) is -13.2. The van der Waals surface area contributed by atoms with Gasteiger partial charge < -0.3 is 4.74 Å². The van der Waals surface area contributed by atoms with Gasteiger partial charge in [-0.15, -0.1) is 0 Å². The highest BCUT2D eigenvalue weighted by molar-refractivity contribution is 9.10. The van der Waals surface area contributed by atoms with Gasteiger partial charge in [-0.05, 0) is 6.07 Å². The smallest absolute Gasteiger partial charge is 0.375 e. The van der Waals surface area contributed by atoms with Gasteiger partial charge in [0.2, 0.25) is 11.6 Å². The second-order valence-electron chi connectivity index (χ2n) is 3.67. The summed E-state index contributed by atoms with van der Waals surface area (Å²) in [5.41, 5.74) is 0.448. The van der Waals surface area contributed by atoms with Gasteiger partial charge in [0.1, 0.15) is 6.61 Å². The van der Waals surface area contributed by atoms with Gasteiger partial charge in [-0.25, -0.2) is 4.39 Å². The van der Waals surface area contributed by atoms with Crippen molar-refractivity contribution in [2.45, 2.75) is 18.5 Å². The number of hydrogen-bond acceptors (Lipinski definition) is 1. The summed E-state index contributed by atoms with van der Waals surface area (Å²) in [6.45, 7) is -0.421. The predicted octanol–water partition coefficient (Wildman–Crippen LogP) is 4.43. The highest BCUT2D eigenvalue weighted by atomic mass is 79.9. The molecular weight excluding hydrogens is 323 g/mol. The molecule has 18 heavy (non-hydrogen) atoms. The van der Waals surface area contributed by atoms with Gasteiger partial charge in [-0.3, -0.25) is 0 Å². The molecule has 2 rings (SSSR count). The maximum absolute atomic E-state index is 12.8. The first-order valence-corrected chi connectivity index (χ1v) is 5.60. The molecule has 0 N–H and O–H groups in total. The molecular formula is C11H6BrF5O. The highest BCUT2D eigenvalue weighted by Crippen LogP contribution is 2.56. The normalized spacial score (nSPS) is 20.6. The standard InChI is InChI=1S/C11H6BrF5O/c12-7-4-2-1-3-6(7)5-18-9-8(13)10(14,15)11(9,16)17/h1-4H,5H2. The highest BCUT2D eigenvalue weighted by Gasteiger charge is 2.74. The van der Waals surface area contributed by atoms with Crippen LogP contribution in [0.25, 0.3) is 0 Å². The summed E-state index contributed by atoms with van der Waals surface area (Å²) >= 11 is 3.13. The molecule has 0 heterocycles. The molecule has 0 bridgehead atoms. The van der Waals surface area contributed by atoms with E-state index >= 15 is 0 Å². The maximum atomic E-state index is 12.8. The lowest BCUT2D eigenvalue weighted by Crippen LogP contribution is -2.53. The average Bonchev–Trinajstić information content (AvgIpc) is 2.30. The molecule has 1 aliphatic carbocycles. The summed E-state index contributed by atoms with van der Waals surface area (Å²) in [6.07, 6.45) is 0. The van der Waals surface area contributed by atoms with Crippen molar-refractivity contribution in [3.63, 3.8) is 0 Å². The molecule has 0 aromatic heterocycles. The van der Waals surface area contributed by atoms with Gasteiger partial charge in [0.25, 0.3) is 0 Å². The SMILES string of the molecule is FC1=C(OCc2ccccc2Br)C(F)(F)C1(F)F. The third kappa shape index (κ3) is 1.81. The zero-order valence-corrected chi connectivity index (χ0v) is 10.3. The van der Waals surface area contributed by atoms with E-state index in [1.165, 1.54) is 6.07 Å². The van der Waals surface area contributed by atoms with Crippen molar-refractivity contribution in [3.05, 3.63) is 45.9 Å². The Morgan fingerprint density at radius 3 is 2.22 bits per heavy atom. The van der Waals surface area contributed by atoms with Crippen molar-refractivity contribution in [2.75, 3.05) is 0 Å². The van der Waals surface area contributed by atoms with Gasteiger partial charge >= 0.3 is 11.8 Å². The topological polar surface area (TPSA) is 9.23 Å². The van der Waals surface area contributed by atoms with Crippen LogP contribution >= 0.6 is 15.9 Å². The van der Waals surface area contributed by atoms with E-state index in [4.69, 9.17) is 0 Å². The second-order valence-corrected chi connectivity index (χ2v) is 4.53. The summed E-state index contributed by atoms with van der Waals surface area (Å²) in [6, 6.07) is 6.45. The van der Waals surface area contributed by atoms with Gasteiger partial charge in [0.05, 0.1) is 0 Å². The third-order valence-corrected chi connectivity index (χ3v) is 3.26. The summed E-state index contributed by atoms with van der Waals surface area (Å²) in [5, 5.41) is 0. The van der Waals surface area contributed by atoms with Crippen molar-refractivity contribution in [1.29, 1.82) is 0 Å². The van der Waals surface area contributed by atoms with Crippen LogP contribution < -0.4 is 0 Å². The van der Waals surface area contributed by atoms with E-state index in [0.29, 0.717) is 10.0 Å². The van der Waals surface area contributed by atoms with Gasteiger partial charge in [0, 0.05) is 10.0 Å². The third-order valence-electron chi connectivity index (χ3n) is 2.48. The lowest BCUT2D eigenvalue weighted by Gasteiger charge is -2.35. The minimum atomic E-state index is -4.77. The Kier molecular flexibility index (Phi) is 3.12. The van der Waals surface area contributed by atoms with Crippen molar-refractivity contribution >= 4 is 15.9 Å². The van der Waals surface area contributed by atoms with E-state index in [-0.39, 0.29) is 0 Å². The van der Waals surface area contributed by atoms with Crippen molar-refractivity contribution in [3.8, 4) is 0 Å². The van der Waals surface area contributed by atoms with Crippen molar-refractivity contribution in [2.24, 2.45) is 0 Å². The van der Waals surface area contributed by atoms with Crippen LogP contribution in [0.15, 0.2) is 40.3 Å². The largest absolute Gasteiger partial charge is 0.484 e. The Balaban J connectivity index is 2.14. The number of allylic oxidation sites excluding steroid dienone is 2. The zero-order valence-electron chi connectivity index (χ0n) is 8.69. The minimum Gasteiger partial charge on any atom is -0.484 e. The Bertz CT molecular complexity index is 512. The van der Waals surface area contributed by atoms with Crippen LogP contribution in [0.1, 0.15) is 5.56 Å². The van der Waals surface area contributed by atoms with Crippen LogP contribution in [0.3, 0.4) is 0 Å². The van der Waals surface area contributed by atoms with E-state index in [1.807, 2.05) is 0 Å². The molecule has 0 unspecified atom stereocenters. The maximum Gasteiger partial charge on any atom is 0.375 e. The molecule has 1 aliphatic rings. The monoisotopic (exact) mass is 328 g/mol. The van der Waals surface area contributed by atoms with E-state index < -0.39 is 30.0 Å². The van der Waals surface area contributed by atoms with Crippen LogP contribution in [0, 0.1) is 0 Å². The summed E-state index contributed by atoms with van der Waals surface area (Å²) < 4.78 is 68.5. The number of benzene rings is 1. The van der Waals surface area contributed by atoms with Gasteiger partial charge in [-0.1, -0.05) is 34.1 Å². The fourth-order valence-corrected chi connectivity index (χ4v) is 1.82. The first kappa shape index (κ1) is 13.3. The molecule has 0 saturated heterocycles. The van der Waals surface area contributed by atoms with Crippen molar-refractivity contribution in [1.82, 2.24) is 0 Å². The first-order valence-electron chi connectivity index (χ1n) is 4.81. The quantitative estimate of drug-likeness (QED) is 0.746. The van der Waals surface area contributed by atoms with Crippen LogP contribution in [-0.2, 0) is 11.3 Å². The van der Waals surface area contributed by atoms with Gasteiger partial charge in [0.15, 0.2) is 0 Å². The molecule has 0 spiro atoms. The fourth-order valence-electron chi connectivity index (χ4n) is 1.42. The zero-order chi connectivity index (χ0) is 13.6. The molecule has 7 heteroatoms. The molecule has 1 aromatic rings. The molecule has 0 fully saturated rings. The fraction of sp³-hybridized carbons (Fsp3) is 0.273. The van der Waals surface area contributed by atoms with Crippen LogP contribution in [0.2, 0.25) is 0 Å². The van der Waals surface area contributed by atoms with E-state index in [1.54, 1.807) is 18.2 Å². The number of hydrogen-bond donors (Lipinski definition) is 0. The Morgan fingerprint density at radius 1 is 1.06 bits per heavy atom. The molecule has 0 atom stereocenters. The number of rotatable bonds is 3.